The Bertz CT molecular complexity index is 1050. The average molecular weight is 478 g/mol. The van der Waals surface area contributed by atoms with Gasteiger partial charge in [0.05, 0.1) is 26.0 Å². The first kappa shape index (κ1) is 26.1. The van der Waals surface area contributed by atoms with E-state index in [-0.39, 0.29) is 18.3 Å². The van der Waals surface area contributed by atoms with Gasteiger partial charge < -0.3 is 29.4 Å². The normalized spacial score (nSPS) is 10.5. The van der Waals surface area contributed by atoms with Crippen LogP contribution in [-0.2, 0) is 0 Å². The van der Waals surface area contributed by atoms with Crippen LogP contribution in [0.1, 0.15) is 36.2 Å². The lowest BCUT2D eigenvalue weighted by Gasteiger charge is -2.19. The number of nitrogens with zero attached hydrogens (tertiary/aromatic N) is 4. The highest BCUT2D eigenvalue weighted by molar-refractivity contribution is 5.92. The van der Waals surface area contributed by atoms with Crippen molar-refractivity contribution in [3.8, 4) is 11.5 Å². The van der Waals surface area contributed by atoms with Gasteiger partial charge in [0.25, 0.3) is 5.91 Å². The minimum absolute atomic E-state index is 0. The number of aromatic nitrogens is 2. The van der Waals surface area contributed by atoms with Gasteiger partial charge in [-0.3, -0.25) is 4.79 Å². The SMILES string of the molecule is COc1cc2nc(N(C)CCCCCCN(C)C(=O)c3ccco3)nc(N)c2cc1OC.Cl. The third-order valence-electron chi connectivity index (χ3n) is 5.38. The minimum atomic E-state index is -0.0879. The first-order valence-corrected chi connectivity index (χ1v) is 10.6. The Morgan fingerprint density at radius 1 is 1.03 bits per heavy atom. The topological polar surface area (TPSA) is 107 Å². The predicted molar refractivity (Wildman–Crippen MR) is 132 cm³/mol. The fraction of sp³-hybridized carbons (Fsp3) is 0.435. The zero-order valence-corrected chi connectivity index (χ0v) is 20.4. The summed E-state index contributed by atoms with van der Waals surface area (Å²) < 4.78 is 15.9. The molecule has 3 rings (SSSR count). The summed E-state index contributed by atoms with van der Waals surface area (Å²) in [6.07, 6.45) is 5.51. The van der Waals surface area contributed by atoms with Crippen molar-refractivity contribution >= 4 is 41.0 Å². The van der Waals surface area contributed by atoms with Crippen molar-refractivity contribution in [3.63, 3.8) is 0 Å². The van der Waals surface area contributed by atoms with Crippen molar-refractivity contribution in [1.82, 2.24) is 14.9 Å². The number of benzene rings is 1. The Morgan fingerprint density at radius 3 is 2.33 bits per heavy atom. The molecule has 10 heteroatoms. The molecule has 0 aliphatic rings. The van der Waals surface area contributed by atoms with Gasteiger partial charge in [0.2, 0.25) is 5.95 Å². The van der Waals surface area contributed by atoms with Gasteiger partial charge in [0, 0.05) is 38.6 Å². The third kappa shape index (κ3) is 6.41. The Kier molecular flexibility index (Phi) is 9.59. The highest BCUT2D eigenvalue weighted by atomic mass is 35.5. The van der Waals surface area contributed by atoms with Gasteiger partial charge in [-0.2, -0.15) is 4.98 Å². The van der Waals surface area contributed by atoms with Crippen molar-refractivity contribution < 1.29 is 18.7 Å². The number of carbonyl (C=O) groups is 1. The van der Waals surface area contributed by atoms with Crippen LogP contribution in [0.15, 0.2) is 34.9 Å². The van der Waals surface area contributed by atoms with E-state index in [4.69, 9.17) is 19.6 Å². The fourth-order valence-electron chi connectivity index (χ4n) is 3.48. The van der Waals surface area contributed by atoms with Crippen LogP contribution in [-0.4, -0.2) is 62.2 Å². The van der Waals surface area contributed by atoms with Crippen LogP contribution < -0.4 is 20.1 Å². The summed E-state index contributed by atoms with van der Waals surface area (Å²) in [6.45, 7) is 1.50. The molecule has 1 amide bonds. The number of halogens is 1. The van der Waals surface area contributed by atoms with Gasteiger partial charge in [-0.05, 0) is 31.0 Å². The van der Waals surface area contributed by atoms with E-state index in [9.17, 15) is 4.79 Å². The van der Waals surface area contributed by atoms with Crippen molar-refractivity contribution in [2.24, 2.45) is 0 Å². The van der Waals surface area contributed by atoms with Gasteiger partial charge in [-0.15, -0.1) is 12.4 Å². The van der Waals surface area contributed by atoms with Crippen molar-refractivity contribution in [3.05, 3.63) is 36.3 Å². The lowest BCUT2D eigenvalue weighted by atomic mass is 10.2. The number of methoxy groups -OCH3 is 2. The molecule has 0 saturated carbocycles. The molecule has 0 spiro atoms. The number of amides is 1. The number of hydrogen-bond donors (Lipinski definition) is 1. The number of unbranched alkanes of at least 4 members (excludes halogenated alkanes) is 3. The van der Waals surface area contributed by atoms with Crippen LogP contribution in [0.5, 0.6) is 11.5 Å². The van der Waals surface area contributed by atoms with E-state index >= 15 is 0 Å². The van der Waals surface area contributed by atoms with Gasteiger partial charge >= 0.3 is 0 Å². The standard InChI is InChI=1S/C23H31N5O4.ClH/c1-27(22(29)18-10-9-13-32-18)11-7-5-6-8-12-28(2)23-25-17-15-20(31-4)19(30-3)14-16(17)21(24)26-23;/h9-10,13-15H,5-8,11-12H2,1-4H3,(H2,24,25,26);1H. The van der Waals surface area contributed by atoms with E-state index in [1.165, 1.54) is 6.26 Å². The van der Waals surface area contributed by atoms with E-state index in [0.29, 0.717) is 41.1 Å². The number of fused-ring (bicyclic) bond motifs is 1. The minimum Gasteiger partial charge on any atom is -0.493 e. The Balaban J connectivity index is 0.00000385. The van der Waals surface area contributed by atoms with E-state index in [2.05, 4.69) is 9.97 Å². The molecule has 0 aliphatic heterocycles. The van der Waals surface area contributed by atoms with Crippen LogP contribution in [0.3, 0.4) is 0 Å². The summed E-state index contributed by atoms with van der Waals surface area (Å²) in [5.74, 6) is 2.46. The van der Waals surface area contributed by atoms with Crippen LogP contribution in [0.25, 0.3) is 10.9 Å². The second-order valence-corrected chi connectivity index (χ2v) is 7.67. The number of hydrogen-bond acceptors (Lipinski definition) is 8. The molecule has 1 aromatic carbocycles. The maximum Gasteiger partial charge on any atom is 0.289 e. The van der Waals surface area contributed by atoms with E-state index in [1.54, 1.807) is 44.4 Å². The lowest BCUT2D eigenvalue weighted by Crippen LogP contribution is -2.27. The number of nitrogen functional groups attached to an aromatic ring is 1. The highest BCUT2D eigenvalue weighted by Gasteiger charge is 2.15. The summed E-state index contributed by atoms with van der Waals surface area (Å²) in [7, 11) is 6.92. The maximum absolute atomic E-state index is 12.2. The maximum atomic E-state index is 12.2. The Hall–Kier alpha value is -3.20. The second kappa shape index (κ2) is 12.2. The summed E-state index contributed by atoms with van der Waals surface area (Å²) in [4.78, 5) is 25.0. The molecule has 33 heavy (non-hydrogen) atoms. The number of furan rings is 1. The van der Waals surface area contributed by atoms with Gasteiger partial charge in [0.15, 0.2) is 17.3 Å². The molecular formula is C23H32ClN5O4. The summed E-state index contributed by atoms with van der Waals surface area (Å²) in [5.41, 5.74) is 6.89. The van der Waals surface area contributed by atoms with Crippen molar-refractivity contribution in [1.29, 1.82) is 0 Å². The van der Waals surface area contributed by atoms with Crippen molar-refractivity contribution in [2.75, 3.05) is 52.0 Å². The molecule has 0 saturated heterocycles. The predicted octanol–water partition coefficient (Wildman–Crippen LogP) is 4.01. The van der Waals surface area contributed by atoms with Crippen LogP contribution in [0.2, 0.25) is 0 Å². The molecule has 0 bridgehead atoms. The van der Waals surface area contributed by atoms with Crippen LogP contribution >= 0.6 is 12.4 Å². The van der Waals surface area contributed by atoms with E-state index in [1.807, 2.05) is 18.0 Å². The molecular weight excluding hydrogens is 446 g/mol. The molecule has 0 unspecified atom stereocenters. The molecule has 9 nitrogen and oxygen atoms in total. The molecule has 0 fully saturated rings. The molecule has 0 aliphatic carbocycles. The fourth-order valence-corrected chi connectivity index (χ4v) is 3.48. The highest BCUT2D eigenvalue weighted by Crippen LogP contribution is 2.34. The largest absolute Gasteiger partial charge is 0.493 e. The monoisotopic (exact) mass is 477 g/mol. The smallest absolute Gasteiger partial charge is 0.289 e. The quantitative estimate of drug-likeness (QED) is 0.413. The number of carbonyl (C=O) groups excluding carboxylic acids is 1. The van der Waals surface area contributed by atoms with Gasteiger partial charge in [-0.25, -0.2) is 4.98 Å². The number of anilines is 2. The van der Waals surface area contributed by atoms with Crippen LogP contribution in [0.4, 0.5) is 11.8 Å². The molecule has 3 aromatic rings. The van der Waals surface area contributed by atoms with Gasteiger partial charge in [0.1, 0.15) is 5.82 Å². The second-order valence-electron chi connectivity index (χ2n) is 7.67. The molecule has 2 N–H and O–H groups in total. The summed E-state index contributed by atoms with van der Waals surface area (Å²) in [6, 6.07) is 7.01. The third-order valence-corrected chi connectivity index (χ3v) is 5.38. The first-order valence-electron chi connectivity index (χ1n) is 10.6. The molecule has 2 heterocycles. The molecule has 0 atom stereocenters. The average Bonchev–Trinajstić information content (AvgIpc) is 3.34. The van der Waals surface area contributed by atoms with Gasteiger partial charge in [-0.1, -0.05) is 12.8 Å². The zero-order valence-electron chi connectivity index (χ0n) is 19.5. The number of nitrogens with two attached hydrogens (primary N) is 1. The van der Waals surface area contributed by atoms with Crippen LogP contribution in [0, 0.1) is 0 Å². The Labute approximate surface area is 200 Å². The zero-order chi connectivity index (χ0) is 23.1. The number of rotatable bonds is 11. The lowest BCUT2D eigenvalue weighted by molar-refractivity contribution is 0.0761. The molecule has 2 aromatic heterocycles. The molecule has 180 valence electrons. The van der Waals surface area contributed by atoms with E-state index in [0.717, 1.165) is 37.6 Å². The number of ether oxygens (including phenoxy) is 2. The Morgan fingerprint density at radius 2 is 1.70 bits per heavy atom. The summed E-state index contributed by atoms with van der Waals surface area (Å²) in [5, 5.41) is 0.730. The van der Waals surface area contributed by atoms with E-state index < -0.39 is 0 Å². The summed E-state index contributed by atoms with van der Waals surface area (Å²) >= 11 is 0. The van der Waals surface area contributed by atoms with Crippen molar-refractivity contribution in [2.45, 2.75) is 25.7 Å². The molecule has 0 radical (unpaired) electrons. The first-order chi connectivity index (χ1) is 15.4.